The highest BCUT2D eigenvalue weighted by Gasteiger charge is 2.15. The molecule has 0 atom stereocenters. The van der Waals surface area contributed by atoms with E-state index in [1.807, 2.05) is 24.3 Å². The molecule has 1 N–H and O–H groups in total. The lowest BCUT2D eigenvalue weighted by Gasteiger charge is -2.09. The molecule has 1 heterocycles. The maximum absolute atomic E-state index is 12.4. The molecular formula is C19H13ClN2O2S2. The van der Waals surface area contributed by atoms with Crippen molar-refractivity contribution < 1.29 is 8.42 Å². The number of sulfonamides is 1. The van der Waals surface area contributed by atoms with Gasteiger partial charge in [-0.2, -0.15) is 0 Å². The third-order valence-corrected chi connectivity index (χ3v) is 6.58. The normalized spacial score (nSPS) is 11.6. The van der Waals surface area contributed by atoms with E-state index in [2.05, 4.69) is 9.71 Å². The van der Waals surface area contributed by atoms with E-state index in [9.17, 15) is 8.42 Å². The van der Waals surface area contributed by atoms with Crippen molar-refractivity contribution in [3.05, 3.63) is 77.8 Å². The van der Waals surface area contributed by atoms with Gasteiger partial charge in [-0.3, -0.25) is 4.72 Å². The van der Waals surface area contributed by atoms with E-state index in [4.69, 9.17) is 11.6 Å². The summed E-state index contributed by atoms with van der Waals surface area (Å²) < 4.78 is 28.5. The Bertz CT molecular complexity index is 1160. The second-order valence-electron chi connectivity index (χ2n) is 5.60. The van der Waals surface area contributed by atoms with Gasteiger partial charge in [0.15, 0.2) is 0 Å². The molecule has 0 fully saturated rings. The maximum Gasteiger partial charge on any atom is 0.261 e. The quantitative estimate of drug-likeness (QED) is 0.497. The van der Waals surface area contributed by atoms with Gasteiger partial charge in [0.2, 0.25) is 0 Å². The summed E-state index contributed by atoms with van der Waals surface area (Å²) in [5.74, 6) is 0. The molecule has 4 nitrogen and oxygen atoms in total. The Morgan fingerprint density at radius 2 is 1.65 bits per heavy atom. The zero-order valence-corrected chi connectivity index (χ0v) is 15.8. The minimum atomic E-state index is -3.65. The largest absolute Gasteiger partial charge is 0.280 e. The van der Waals surface area contributed by atoms with Gasteiger partial charge in [-0.05, 0) is 42.5 Å². The maximum atomic E-state index is 12.4. The number of aromatic nitrogens is 1. The molecule has 0 saturated heterocycles. The van der Waals surface area contributed by atoms with Crippen LogP contribution in [-0.4, -0.2) is 13.4 Å². The third-order valence-electron chi connectivity index (χ3n) is 3.80. The number of nitrogens with one attached hydrogen (secondary N) is 1. The minimum absolute atomic E-state index is 0.200. The third kappa shape index (κ3) is 3.31. The van der Waals surface area contributed by atoms with Crippen LogP contribution in [0.1, 0.15) is 0 Å². The molecule has 26 heavy (non-hydrogen) atoms. The average Bonchev–Trinajstić information content (AvgIpc) is 3.06. The lowest BCUT2D eigenvalue weighted by Crippen LogP contribution is -2.12. The Kier molecular flexibility index (Phi) is 4.40. The zero-order chi connectivity index (χ0) is 18.1. The number of benzene rings is 3. The van der Waals surface area contributed by atoms with E-state index in [1.54, 1.807) is 59.9 Å². The Labute approximate surface area is 160 Å². The molecule has 3 aromatic carbocycles. The van der Waals surface area contributed by atoms with Gasteiger partial charge in [0.25, 0.3) is 10.0 Å². The van der Waals surface area contributed by atoms with Gasteiger partial charge in [-0.25, -0.2) is 13.4 Å². The Morgan fingerprint density at radius 3 is 2.38 bits per heavy atom. The number of rotatable bonds is 4. The topological polar surface area (TPSA) is 59.1 Å². The highest BCUT2D eigenvalue weighted by Crippen LogP contribution is 2.35. The van der Waals surface area contributed by atoms with E-state index in [-0.39, 0.29) is 4.90 Å². The summed E-state index contributed by atoms with van der Waals surface area (Å²) in [6.45, 7) is 0. The Hall–Kier alpha value is -2.41. The minimum Gasteiger partial charge on any atom is -0.280 e. The molecule has 0 radical (unpaired) electrons. The summed E-state index contributed by atoms with van der Waals surface area (Å²) in [5, 5.41) is 1.24. The van der Waals surface area contributed by atoms with Crippen LogP contribution in [0.5, 0.6) is 0 Å². The van der Waals surface area contributed by atoms with Gasteiger partial charge in [-0.1, -0.05) is 41.9 Å². The number of para-hydroxylation sites is 1. The average molecular weight is 401 g/mol. The lowest BCUT2D eigenvalue weighted by molar-refractivity contribution is 0.601. The van der Waals surface area contributed by atoms with Gasteiger partial charge in [0.05, 0.1) is 25.8 Å². The second kappa shape index (κ2) is 6.72. The molecule has 0 aliphatic heterocycles. The monoisotopic (exact) mass is 400 g/mol. The summed E-state index contributed by atoms with van der Waals surface area (Å²) in [5.41, 5.74) is 2.09. The Morgan fingerprint density at radius 1 is 0.923 bits per heavy atom. The van der Waals surface area contributed by atoms with E-state index in [0.717, 1.165) is 20.8 Å². The number of hydrogen-bond donors (Lipinski definition) is 1. The van der Waals surface area contributed by atoms with Crippen LogP contribution in [0.25, 0.3) is 20.8 Å². The SMILES string of the molecule is O=S(=O)(Nc1ccc(-c2nc3ccccc3s2)c(Cl)c1)c1ccccc1. The van der Waals surface area contributed by atoms with Crippen LogP contribution in [0.15, 0.2) is 77.7 Å². The molecule has 4 aromatic rings. The van der Waals surface area contributed by atoms with Gasteiger partial charge < -0.3 is 0 Å². The standard InChI is InChI=1S/C19H13ClN2O2S2/c20-16-12-13(22-26(23,24)14-6-2-1-3-7-14)10-11-15(16)19-21-17-8-4-5-9-18(17)25-19/h1-12,22H. The van der Waals surface area contributed by atoms with E-state index >= 15 is 0 Å². The molecule has 0 spiro atoms. The molecule has 0 unspecified atom stereocenters. The molecule has 0 amide bonds. The number of fused-ring (bicyclic) bond motifs is 1. The van der Waals surface area contributed by atoms with E-state index in [1.165, 1.54) is 0 Å². The number of thiazole rings is 1. The molecule has 130 valence electrons. The van der Waals surface area contributed by atoms with Crippen molar-refractivity contribution in [1.82, 2.24) is 4.98 Å². The second-order valence-corrected chi connectivity index (χ2v) is 8.72. The van der Waals surface area contributed by atoms with Crippen molar-refractivity contribution in [2.45, 2.75) is 4.90 Å². The first-order valence-corrected chi connectivity index (χ1v) is 10.4. The van der Waals surface area contributed by atoms with E-state index in [0.29, 0.717) is 10.7 Å². The van der Waals surface area contributed by atoms with Crippen LogP contribution < -0.4 is 4.72 Å². The summed E-state index contributed by atoms with van der Waals surface area (Å²) >= 11 is 7.94. The highest BCUT2D eigenvalue weighted by atomic mass is 35.5. The first-order valence-electron chi connectivity index (χ1n) is 7.76. The number of halogens is 1. The zero-order valence-electron chi connectivity index (χ0n) is 13.4. The summed E-state index contributed by atoms with van der Waals surface area (Å²) in [6.07, 6.45) is 0. The van der Waals surface area contributed by atoms with Crippen LogP contribution >= 0.6 is 22.9 Å². The molecule has 0 aliphatic carbocycles. The molecule has 0 saturated carbocycles. The molecular weight excluding hydrogens is 388 g/mol. The fourth-order valence-electron chi connectivity index (χ4n) is 2.55. The van der Waals surface area contributed by atoms with Crippen molar-refractivity contribution in [3.8, 4) is 10.6 Å². The van der Waals surface area contributed by atoms with Crippen LogP contribution in [0, 0.1) is 0 Å². The molecule has 1 aromatic heterocycles. The van der Waals surface area contributed by atoms with Gasteiger partial charge in [-0.15, -0.1) is 11.3 Å². The van der Waals surface area contributed by atoms with Crippen LogP contribution in [0.3, 0.4) is 0 Å². The van der Waals surface area contributed by atoms with Crippen LogP contribution in [0.2, 0.25) is 5.02 Å². The highest BCUT2D eigenvalue weighted by molar-refractivity contribution is 7.92. The molecule has 7 heteroatoms. The van der Waals surface area contributed by atoms with Crippen molar-refractivity contribution in [1.29, 1.82) is 0 Å². The van der Waals surface area contributed by atoms with Crippen molar-refractivity contribution in [2.75, 3.05) is 4.72 Å². The molecule has 0 aliphatic rings. The number of anilines is 1. The van der Waals surface area contributed by atoms with Crippen molar-refractivity contribution >= 4 is 48.9 Å². The first kappa shape index (κ1) is 17.0. The smallest absolute Gasteiger partial charge is 0.261 e. The number of hydrogen-bond acceptors (Lipinski definition) is 4. The number of nitrogens with zero attached hydrogens (tertiary/aromatic N) is 1. The van der Waals surface area contributed by atoms with E-state index < -0.39 is 10.0 Å². The van der Waals surface area contributed by atoms with Crippen LogP contribution in [-0.2, 0) is 10.0 Å². The van der Waals surface area contributed by atoms with Crippen molar-refractivity contribution in [2.24, 2.45) is 0 Å². The lowest BCUT2D eigenvalue weighted by atomic mass is 10.2. The fraction of sp³-hybridized carbons (Fsp3) is 0. The predicted octanol–water partition coefficient (Wildman–Crippen LogP) is 5.42. The van der Waals surface area contributed by atoms with Gasteiger partial charge in [0.1, 0.15) is 5.01 Å². The predicted molar refractivity (Wildman–Crippen MR) is 107 cm³/mol. The Balaban J connectivity index is 1.66. The van der Waals surface area contributed by atoms with Crippen LogP contribution in [0.4, 0.5) is 5.69 Å². The van der Waals surface area contributed by atoms with Gasteiger partial charge in [0, 0.05) is 5.56 Å². The summed E-state index contributed by atoms with van der Waals surface area (Å²) in [4.78, 5) is 4.79. The fourth-order valence-corrected chi connectivity index (χ4v) is 4.95. The summed E-state index contributed by atoms with van der Waals surface area (Å²) in [6, 6.07) is 21.1. The molecule has 4 rings (SSSR count). The van der Waals surface area contributed by atoms with Crippen molar-refractivity contribution in [3.63, 3.8) is 0 Å². The van der Waals surface area contributed by atoms with Gasteiger partial charge >= 0.3 is 0 Å². The first-order chi connectivity index (χ1) is 12.5. The molecule has 0 bridgehead atoms. The summed E-state index contributed by atoms with van der Waals surface area (Å²) in [7, 11) is -3.65.